The zero-order valence-corrected chi connectivity index (χ0v) is 14.5. The van der Waals surface area contributed by atoms with Gasteiger partial charge in [0.2, 0.25) is 0 Å². The van der Waals surface area contributed by atoms with Gasteiger partial charge in [0.15, 0.2) is 0 Å². The first-order valence-electron chi connectivity index (χ1n) is 8.75. The van der Waals surface area contributed by atoms with E-state index < -0.39 is 0 Å². The van der Waals surface area contributed by atoms with Crippen LogP contribution in [0.3, 0.4) is 0 Å². The molecule has 128 valence electrons. The second-order valence-corrected chi connectivity index (χ2v) is 6.19. The van der Waals surface area contributed by atoms with Crippen molar-refractivity contribution in [2.24, 2.45) is 0 Å². The van der Waals surface area contributed by atoms with Crippen molar-refractivity contribution in [1.82, 2.24) is 14.9 Å². The number of aromatic amines is 1. The molecule has 1 aliphatic heterocycles. The Morgan fingerprint density at radius 2 is 2.12 bits per heavy atom. The van der Waals surface area contributed by atoms with Gasteiger partial charge in [0.05, 0.1) is 12.3 Å². The topological polar surface area (TPSA) is 58.2 Å². The number of nitrogens with one attached hydrogen (secondary N) is 1. The van der Waals surface area contributed by atoms with Crippen molar-refractivity contribution in [2.45, 2.75) is 46.2 Å². The lowest BCUT2D eigenvalue weighted by Gasteiger charge is -2.28. The molecule has 0 saturated heterocycles. The molecule has 0 unspecified atom stereocenters. The number of rotatable bonds is 6. The van der Waals surface area contributed by atoms with Crippen LogP contribution in [0.15, 0.2) is 29.1 Å². The molecule has 0 radical (unpaired) electrons. The van der Waals surface area contributed by atoms with Crippen molar-refractivity contribution in [3.05, 3.63) is 57.3 Å². The summed E-state index contributed by atoms with van der Waals surface area (Å²) in [5.74, 6) is 1.74. The van der Waals surface area contributed by atoms with E-state index in [2.05, 4.69) is 27.9 Å². The number of hydrogen-bond acceptors (Lipinski definition) is 4. The largest absolute Gasteiger partial charge is 0.494 e. The van der Waals surface area contributed by atoms with E-state index in [0.717, 1.165) is 61.7 Å². The Hall–Kier alpha value is -2.14. The van der Waals surface area contributed by atoms with E-state index in [0.29, 0.717) is 6.61 Å². The van der Waals surface area contributed by atoms with Crippen LogP contribution in [0.2, 0.25) is 0 Å². The zero-order valence-electron chi connectivity index (χ0n) is 14.5. The number of H-pyrrole nitrogens is 1. The van der Waals surface area contributed by atoms with Crippen molar-refractivity contribution in [2.75, 3.05) is 13.2 Å². The van der Waals surface area contributed by atoms with Crippen LogP contribution < -0.4 is 10.3 Å². The Labute approximate surface area is 142 Å². The lowest BCUT2D eigenvalue weighted by molar-refractivity contribution is 0.234. The molecule has 1 N–H and O–H groups in total. The number of para-hydroxylation sites is 1. The standard InChI is InChI=1S/C19H25N3O2/c1-3-7-18-20-16-13-22(11-10-15(16)19(23)21-18)12-14-8-5-6-9-17(14)24-4-2/h5-6,8-9H,3-4,7,10-13H2,1-2H3,(H,20,21,23). The van der Waals surface area contributed by atoms with Crippen LogP contribution in [-0.4, -0.2) is 28.0 Å². The second-order valence-electron chi connectivity index (χ2n) is 6.19. The summed E-state index contributed by atoms with van der Waals surface area (Å²) in [6.45, 7) is 7.15. The van der Waals surface area contributed by atoms with Gasteiger partial charge in [0.1, 0.15) is 11.6 Å². The van der Waals surface area contributed by atoms with E-state index >= 15 is 0 Å². The van der Waals surface area contributed by atoms with E-state index in [-0.39, 0.29) is 5.56 Å². The van der Waals surface area contributed by atoms with Gasteiger partial charge in [-0.05, 0) is 25.8 Å². The average Bonchev–Trinajstić information content (AvgIpc) is 2.57. The summed E-state index contributed by atoms with van der Waals surface area (Å²) in [6.07, 6.45) is 2.55. The Kier molecular flexibility index (Phi) is 5.30. The Balaban J connectivity index is 1.79. The Morgan fingerprint density at radius 1 is 1.29 bits per heavy atom. The van der Waals surface area contributed by atoms with Crippen LogP contribution >= 0.6 is 0 Å². The zero-order chi connectivity index (χ0) is 16.9. The van der Waals surface area contributed by atoms with Gasteiger partial charge >= 0.3 is 0 Å². The summed E-state index contributed by atoms with van der Waals surface area (Å²) in [4.78, 5) is 22.2. The maximum Gasteiger partial charge on any atom is 0.254 e. The minimum absolute atomic E-state index is 0.0396. The molecule has 1 aliphatic rings. The highest BCUT2D eigenvalue weighted by molar-refractivity contribution is 5.33. The van der Waals surface area contributed by atoms with Crippen LogP contribution in [0.5, 0.6) is 5.75 Å². The molecule has 0 amide bonds. The van der Waals surface area contributed by atoms with Gasteiger partial charge in [-0.15, -0.1) is 0 Å². The summed E-state index contributed by atoms with van der Waals surface area (Å²) in [7, 11) is 0. The summed E-state index contributed by atoms with van der Waals surface area (Å²) in [5.41, 5.74) is 3.01. The monoisotopic (exact) mass is 327 g/mol. The molecular formula is C19H25N3O2. The smallest absolute Gasteiger partial charge is 0.254 e. The van der Waals surface area contributed by atoms with Crippen LogP contribution in [0.4, 0.5) is 0 Å². The number of aryl methyl sites for hydroxylation is 1. The van der Waals surface area contributed by atoms with Gasteiger partial charge < -0.3 is 9.72 Å². The highest BCUT2D eigenvalue weighted by Crippen LogP contribution is 2.23. The summed E-state index contributed by atoms with van der Waals surface area (Å²) in [6, 6.07) is 8.16. The molecule has 0 aliphatic carbocycles. The molecule has 0 fully saturated rings. The number of aromatic nitrogens is 2. The molecular weight excluding hydrogens is 302 g/mol. The van der Waals surface area contributed by atoms with Crippen LogP contribution in [0.25, 0.3) is 0 Å². The molecule has 2 heterocycles. The Bertz CT molecular complexity index is 755. The van der Waals surface area contributed by atoms with E-state index in [9.17, 15) is 4.79 Å². The summed E-state index contributed by atoms with van der Waals surface area (Å²) in [5, 5.41) is 0. The third kappa shape index (κ3) is 3.67. The van der Waals surface area contributed by atoms with Crippen molar-refractivity contribution in [1.29, 1.82) is 0 Å². The molecule has 24 heavy (non-hydrogen) atoms. The van der Waals surface area contributed by atoms with Gasteiger partial charge in [-0.1, -0.05) is 25.1 Å². The summed E-state index contributed by atoms with van der Waals surface area (Å²) < 4.78 is 5.72. The second kappa shape index (κ2) is 7.62. The van der Waals surface area contributed by atoms with Crippen LogP contribution in [-0.2, 0) is 25.9 Å². The molecule has 2 aromatic rings. The van der Waals surface area contributed by atoms with Crippen LogP contribution in [0, 0.1) is 0 Å². The molecule has 0 bridgehead atoms. The van der Waals surface area contributed by atoms with Gasteiger partial charge in [-0.25, -0.2) is 4.98 Å². The number of ether oxygens (including phenoxy) is 1. The fourth-order valence-corrected chi connectivity index (χ4v) is 3.21. The minimum atomic E-state index is 0.0396. The normalized spacial score (nSPS) is 14.4. The SMILES string of the molecule is CCCc1nc2c(c(=O)[nH]1)CCN(Cc1ccccc1OCC)C2. The maximum absolute atomic E-state index is 12.2. The van der Waals surface area contributed by atoms with Gasteiger partial charge in [-0.3, -0.25) is 9.69 Å². The maximum atomic E-state index is 12.2. The highest BCUT2D eigenvalue weighted by Gasteiger charge is 2.21. The predicted molar refractivity (Wildman–Crippen MR) is 94.3 cm³/mol. The van der Waals surface area contributed by atoms with Gasteiger partial charge in [0.25, 0.3) is 5.56 Å². The fourth-order valence-electron chi connectivity index (χ4n) is 3.21. The molecule has 3 rings (SSSR count). The highest BCUT2D eigenvalue weighted by atomic mass is 16.5. The first-order valence-corrected chi connectivity index (χ1v) is 8.75. The third-order valence-electron chi connectivity index (χ3n) is 4.35. The van der Waals surface area contributed by atoms with Crippen molar-refractivity contribution >= 4 is 0 Å². The lowest BCUT2D eigenvalue weighted by atomic mass is 10.0. The molecule has 5 heteroatoms. The first-order chi connectivity index (χ1) is 11.7. The number of nitrogens with zero attached hydrogens (tertiary/aromatic N) is 2. The molecule has 1 aromatic carbocycles. The quantitative estimate of drug-likeness (QED) is 0.886. The molecule has 0 atom stereocenters. The van der Waals surface area contributed by atoms with E-state index in [1.54, 1.807) is 0 Å². The molecule has 5 nitrogen and oxygen atoms in total. The first kappa shape index (κ1) is 16.7. The van der Waals surface area contributed by atoms with E-state index in [4.69, 9.17) is 4.74 Å². The molecule has 1 aromatic heterocycles. The Morgan fingerprint density at radius 3 is 2.92 bits per heavy atom. The van der Waals surface area contributed by atoms with E-state index in [1.165, 1.54) is 5.56 Å². The fraction of sp³-hybridized carbons (Fsp3) is 0.474. The number of fused-ring (bicyclic) bond motifs is 1. The number of benzene rings is 1. The van der Waals surface area contributed by atoms with Crippen LogP contribution in [0.1, 0.15) is 42.9 Å². The van der Waals surface area contributed by atoms with Gasteiger partial charge in [0, 0.05) is 37.2 Å². The minimum Gasteiger partial charge on any atom is -0.494 e. The average molecular weight is 327 g/mol. The summed E-state index contributed by atoms with van der Waals surface area (Å²) >= 11 is 0. The number of hydrogen-bond donors (Lipinski definition) is 1. The van der Waals surface area contributed by atoms with E-state index in [1.807, 2.05) is 25.1 Å². The van der Waals surface area contributed by atoms with Crippen molar-refractivity contribution < 1.29 is 4.74 Å². The lowest BCUT2D eigenvalue weighted by Crippen LogP contribution is -2.35. The van der Waals surface area contributed by atoms with Crippen molar-refractivity contribution in [3.8, 4) is 5.75 Å². The van der Waals surface area contributed by atoms with Gasteiger partial charge in [-0.2, -0.15) is 0 Å². The molecule has 0 saturated carbocycles. The van der Waals surface area contributed by atoms with Crippen molar-refractivity contribution in [3.63, 3.8) is 0 Å². The third-order valence-corrected chi connectivity index (χ3v) is 4.35. The molecule has 0 spiro atoms. The predicted octanol–water partition coefficient (Wildman–Crippen LogP) is 2.68.